The van der Waals surface area contributed by atoms with E-state index in [2.05, 4.69) is 26.9 Å². The minimum absolute atomic E-state index is 0.00568. The molecule has 1 fully saturated rings. The Morgan fingerprint density at radius 1 is 1.28 bits per heavy atom. The average Bonchev–Trinajstić information content (AvgIpc) is 2.57. The second-order valence-electron chi connectivity index (χ2n) is 6.29. The lowest BCUT2D eigenvalue weighted by molar-refractivity contribution is -0.384. The molecule has 0 bridgehead atoms. The summed E-state index contributed by atoms with van der Waals surface area (Å²) in [5, 5.41) is 14.5. The molecule has 10 heteroatoms. The Kier molecular flexibility index (Phi) is 6.33. The molecule has 140 valence electrons. The van der Waals surface area contributed by atoms with Gasteiger partial charge in [0.2, 0.25) is 10.0 Å². The number of benzene rings is 1. The third kappa shape index (κ3) is 5.11. The van der Waals surface area contributed by atoms with Gasteiger partial charge in [-0.05, 0) is 33.2 Å². The van der Waals surface area contributed by atoms with Crippen LogP contribution in [0.15, 0.2) is 23.1 Å². The fourth-order valence-electron chi connectivity index (χ4n) is 2.80. The van der Waals surface area contributed by atoms with Crippen molar-refractivity contribution in [2.24, 2.45) is 0 Å². The van der Waals surface area contributed by atoms with Crippen LogP contribution in [0.1, 0.15) is 6.92 Å². The normalized spacial score (nSPS) is 18.0. The van der Waals surface area contributed by atoms with Crippen molar-refractivity contribution >= 4 is 21.4 Å². The number of piperazine rings is 1. The van der Waals surface area contributed by atoms with Crippen molar-refractivity contribution < 1.29 is 13.3 Å². The largest absolute Gasteiger partial charge is 0.376 e. The van der Waals surface area contributed by atoms with Crippen LogP contribution in [0.4, 0.5) is 11.4 Å². The van der Waals surface area contributed by atoms with Gasteiger partial charge in [-0.3, -0.25) is 15.0 Å². The van der Waals surface area contributed by atoms with Gasteiger partial charge < -0.3 is 10.2 Å². The van der Waals surface area contributed by atoms with Crippen LogP contribution in [0, 0.1) is 10.1 Å². The van der Waals surface area contributed by atoms with Gasteiger partial charge in [0, 0.05) is 44.8 Å². The van der Waals surface area contributed by atoms with Crippen molar-refractivity contribution in [3.63, 3.8) is 0 Å². The molecule has 0 aromatic heterocycles. The van der Waals surface area contributed by atoms with Crippen LogP contribution in [0.2, 0.25) is 0 Å². The monoisotopic (exact) mass is 371 g/mol. The van der Waals surface area contributed by atoms with Crippen molar-refractivity contribution in [3.05, 3.63) is 28.3 Å². The average molecular weight is 371 g/mol. The molecule has 2 N–H and O–H groups in total. The van der Waals surface area contributed by atoms with E-state index in [1.54, 1.807) is 0 Å². The molecule has 1 aromatic carbocycles. The number of likely N-dealkylation sites (N-methyl/N-ethyl adjacent to an activating group) is 1. The summed E-state index contributed by atoms with van der Waals surface area (Å²) >= 11 is 0. The first-order valence-electron chi connectivity index (χ1n) is 8.12. The molecule has 25 heavy (non-hydrogen) atoms. The van der Waals surface area contributed by atoms with E-state index in [0.717, 1.165) is 38.8 Å². The second-order valence-corrected chi connectivity index (χ2v) is 8.18. The van der Waals surface area contributed by atoms with Crippen molar-refractivity contribution in [3.8, 4) is 0 Å². The van der Waals surface area contributed by atoms with Crippen LogP contribution in [0.25, 0.3) is 0 Å². The van der Waals surface area contributed by atoms with Gasteiger partial charge in [-0.2, -0.15) is 0 Å². The topological polar surface area (TPSA) is 108 Å². The summed E-state index contributed by atoms with van der Waals surface area (Å²) in [6.45, 7) is 6.66. The van der Waals surface area contributed by atoms with Crippen LogP contribution in [-0.2, 0) is 10.0 Å². The fourth-order valence-corrected chi connectivity index (χ4v) is 3.55. The van der Waals surface area contributed by atoms with Gasteiger partial charge in [-0.25, -0.2) is 13.1 Å². The maximum Gasteiger partial charge on any atom is 0.293 e. The van der Waals surface area contributed by atoms with Gasteiger partial charge in [0.1, 0.15) is 5.69 Å². The molecule has 0 spiro atoms. The molecular weight excluding hydrogens is 346 g/mol. The quantitative estimate of drug-likeness (QED) is 0.532. The molecule has 0 aliphatic carbocycles. The number of anilines is 1. The molecule has 0 amide bonds. The van der Waals surface area contributed by atoms with Crippen LogP contribution >= 0.6 is 0 Å². The second kappa shape index (κ2) is 8.09. The van der Waals surface area contributed by atoms with E-state index in [4.69, 9.17) is 0 Å². The Balaban J connectivity index is 2.11. The van der Waals surface area contributed by atoms with E-state index in [9.17, 15) is 18.5 Å². The van der Waals surface area contributed by atoms with Gasteiger partial charge in [0.15, 0.2) is 0 Å². The first-order chi connectivity index (χ1) is 11.7. The molecule has 1 aliphatic rings. The summed E-state index contributed by atoms with van der Waals surface area (Å²) in [6, 6.07) is 3.89. The Morgan fingerprint density at radius 2 is 1.92 bits per heavy atom. The summed E-state index contributed by atoms with van der Waals surface area (Å²) in [7, 11) is -0.367. The fraction of sp³-hybridized carbons (Fsp3) is 0.600. The number of hydrogen-bond acceptors (Lipinski definition) is 7. The highest BCUT2D eigenvalue weighted by molar-refractivity contribution is 7.89. The zero-order valence-corrected chi connectivity index (χ0v) is 15.5. The minimum Gasteiger partial charge on any atom is -0.376 e. The molecule has 1 aliphatic heterocycles. The van der Waals surface area contributed by atoms with E-state index in [0.29, 0.717) is 5.69 Å². The Bertz CT molecular complexity index is 717. The summed E-state index contributed by atoms with van der Waals surface area (Å²) in [5.41, 5.74) is 0.0724. The van der Waals surface area contributed by atoms with Crippen molar-refractivity contribution in [1.82, 2.24) is 14.5 Å². The van der Waals surface area contributed by atoms with E-state index >= 15 is 0 Å². The Morgan fingerprint density at radius 3 is 2.48 bits per heavy atom. The number of hydrogen-bond donors (Lipinski definition) is 2. The molecule has 0 radical (unpaired) electrons. The van der Waals surface area contributed by atoms with Crippen LogP contribution in [-0.4, -0.2) is 76.0 Å². The molecule has 1 unspecified atom stereocenters. The van der Waals surface area contributed by atoms with Crippen molar-refractivity contribution in [2.75, 3.05) is 52.1 Å². The minimum atomic E-state index is -3.72. The number of rotatable bonds is 7. The van der Waals surface area contributed by atoms with E-state index in [1.807, 2.05) is 6.92 Å². The third-order valence-corrected chi connectivity index (χ3v) is 5.69. The maximum absolute atomic E-state index is 11.8. The zero-order chi connectivity index (χ0) is 18.6. The van der Waals surface area contributed by atoms with E-state index in [1.165, 1.54) is 19.2 Å². The highest BCUT2D eigenvalue weighted by Gasteiger charge is 2.22. The molecule has 9 nitrogen and oxygen atoms in total. The number of nitrogens with zero attached hydrogens (tertiary/aromatic N) is 3. The number of nitro groups is 1. The van der Waals surface area contributed by atoms with Crippen LogP contribution < -0.4 is 10.0 Å². The van der Waals surface area contributed by atoms with Crippen molar-refractivity contribution in [1.29, 1.82) is 0 Å². The molecular formula is C15H25N5O4S. The highest BCUT2D eigenvalue weighted by Crippen LogP contribution is 2.28. The SMILES string of the molecule is CNS(=O)(=O)c1ccc(NC(C)CN2CCN(C)CC2)c([N+](=O)[O-])c1. The third-order valence-electron chi connectivity index (χ3n) is 4.27. The molecule has 1 heterocycles. The van der Waals surface area contributed by atoms with Gasteiger partial charge in [-0.1, -0.05) is 0 Å². The predicted octanol–water partition coefficient (Wildman–Crippen LogP) is 0.551. The summed E-state index contributed by atoms with van der Waals surface area (Å²) in [4.78, 5) is 15.2. The molecule has 0 saturated carbocycles. The molecule has 1 saturated heterocycles. The Labute approximate surface area is 148 Å². The highest BCUT2D eigenvalue weighted by atomic mass is 32.2. The lowest BCUT2D eigenvalue weighted by Gasteiger charge is -2.34. The van der Waals surface area contributed by atoms with Gasteiger partial charge in [-0.15, -0.1) is 0 Å². The summed E-state index contributed by atoms with van der Waals surface area (Å²) in [6.07, 6.45) is 0. The van der Waals surface area contributed by atoms with E-state index < -0.39 is 14.9 Å². The molecule has 1 aromatic rings. The van der Waals surface area contributed by atoms with E-state index in [-0.39, 0.29) is 16.6 Å². The maximum atomic E-state index is 11.8. The summed E-state index contributed by atoms with van der Waals surface area (Å²) in [5.74, 6) is 0. The van der Waals surface area contributed by atoms with Crippen molar-refractivity contribution in [2.45, 2.75) is 17.9 Å². The first-order valence-corrected chi connectivity index (χ1v) is 9.60. The van der Waals surface area contributed by atoms with Gasteiger partial charge in [0.05, 0.1) is 9.82 Å². The lowest BCUT2D eigenvalue weighted by atomic mass is 10.2. The van der Waals surface area contributed by atoms with Gasteiger partial charge >= 0.3 is 0 Å². The lowest BCUT2D eigenvalue weighted by Crippen LogP contribution is -2.47. The summed E-state index contributed by atoms with van der Waals surface area (Å²) < 4.78 is 25.8. The standard InChI is InChI=1S/C15H25N5O4S/c1-12(11-19-8-6-18(3)7-9-19)17-14-5-4-13(25(23,24)16-2)10-15(14)20(21)22/h4-5,10,12,16-17H,6-9,11H2,1-3H3. The molecule has 2 rings (SSSR count). The Hall–Kier alpha value is -1.75. The zero-order valence-electron chi connectivity index (χ0n) is 14.7. The van der Waals surface area contributed by atoms with Gasteiger partial charge in [0.25, 0.3) is 5.69 Å². The van der Waals surface area contributed by atoms with Crippen LogP contribution in [0.5, 0.6) is 0 Å². The first kappa shape index (κ1) is 19.6. The van der Waals surface area contributed by atoms with Crippen LogP contribution in [0.3, 0.4) is 0 Å². The number of sulfonamides is 1. The predicted molar refractivity (Wildman–Crippen MR) is 96.4 cm³/mol. The molecule has 1 atom stereocenters. The smallest absolute Gasteiger partial charge is 0.293 e. The number of nitrogens with one attached hydrogen (secondary N) is 2. The number of nitro benzene ring substituents is 1.